The van der Waals surface area contributed by atoms with Gasteiger partial charge in [-0.1, -0.05) is 71.8 Å². The summed E-state index contributed by atoms with van der Waals surface area (Å²) in [5.74, 6) is -3.40. The summed E-state index contributed by atoms with van der Waals surface area (Å²) < 4.78 is 4.07. The number of nitrogens with zero attached hydrogens (tertiary/aromatic N) is 6. The van der Waals surface area contributed by atoms with Crippen LogP contribution in [0.5, 0.6) is 0 Å². The van der Waals surface area contributed by atoms with Gasteiger partial charge in [-0.25, -0.2) is 19.6 Å². The summed E-state index contributed by atoms with van der Waals surface area (Å²) in [6.45, 7) is 7.53. The number of aliphatic hydroxyl groups excluding tert-OH is 6. The molecule has 2 amide bonds. The molecule has 0 radical (unpaired) electrons. The standard InChI is InChI=1S/2C19H21N3O.C5H10O5.C4H6O6/c2*1-13-5-8-15(9-6-13)19-16(11-18(23)21(3)4)22-12-14(2)7-10-17(22)20-19;6-1-3(8)5(10)4(9)2-7;5-1(3(7)8)2(6)4(9)10/h2*5-10,12H,11H2,1-4H3;1,3-5,7-10H,2H2;1-2,5-6H,(H,7,8)(H,9,10)/t;;3-,4-,5+;/m..0./s1. The van der Waals surface area contributed by atoms with Gasteiger partial charge < -0.3 is 64.2 Å². The molecule has 0 spiro atoms. The molecule has 0 aliphatic heterocycles. The normalized spacial score (nSPS) is 13.0. The maximum Gasteiger partial charge on any atom is 0.335 e. The third-order valence-corrected chi connectivity index (χ3v) is 9.89. The van der Waals surface area contributed by atoms with E-state index in [0.717, 1.165) is 56.3 Å². The van der Waals surface area contributed by atoms with Gasteiger partial charge in [0, 0.05) is 51.7 Å². The summed E-state index contributed by atoms with van der Waals surface area (Å²) in [4.78, 5) is 66.6. The van der Waals surface area contributed by atoms with Crippen LogP contribution < -0.4 is 0 Å². The number of carboxylic acid groups (broad SMARTS) is 2. The molecule has 0 aliphatic rings. The Morgan fingerprint density at radius 2 is 0.909 bits per heavy atom. The molecule has 0 fully saturated rings. The zero-order valence-corrected chi connectivity index (χ0v) is 38.0. The fraction of sp³-hybridized carbons (Fsp3) is 0.340. The Morgan fingerprint density at radius 1 is 0.576 bits per heavy atom. The number of pyridine rings is 2. The average molecular weight is 915 g/mol. The van der Waals surface area contributed by atoms with Gasteiger partial charge in [-0.05, 0) is 51.0 Å². The van der Waals surface area contributed by atoms with E-state index in [1.807, 2.05) is 59.3 Å². The van der Waals surface area contributed by atoms with Crippen LogP contribution in [0, 0.1) is 27.7 Å². The summed E-state index contributed by atoms with van der Waals surface area (Å²) in [5, 5.41) is 66.6. The van der Waals surface area contributed by atoms with E-state index in [9.17, 15) is 24.0 Å². The van der Waals surface area contributed by atoms with E-state index in [4.69, 9.17) is 50.8 Å². The number of imidazole rings is 2. The molecule has 19 nitrogen and oxygen atoms in total. The number of hydrogen-bond acceptors (Lipinski definition) is 13. The summed E-state index contributed by atoms with van der Waals surface area (Å²) >= 11 is 0. The van der Waals surface area contributed by atoms with E-state index in [-0.39, 0.29) is 18.1 Å². The Hall–Kier alpha value is -6.87. The number of carbonyl (C=O) groups is 5. The molecule has 19 heteroatoms. The van der Waals surface area contributed by atoms with Crippen molar-refractivity contribution in [2.75, 3.05) is 34.8 Å². The van der Waals surface area contributed by atoms with Crippen LogP contribution in [-0.4, -0.2) is 165 Å². The molecule has 4 aromatic heterocycles. The number of aldehydes is 1. The first-order valence-electron chi connectivity index (χ1n) is 20.4. The van der Waals surface area contributed by atoms with E-state index in [1.165, 1.54) is 11.1 Å². The second-order valence-corrected chi connectivity index (χ2v) is 15.8. The number of carboxylic acids is 2. The number of rotatable bonds is 13. The van der Waals surface area contributed by atoms with Crippen LogP contribution >= 0.6 is 0 Å². The molecule has 0 saturated carbocycles. The van der Waals surface area contributed by atoms with Gasteiger partial charge in [0.15, 0.2) is 18.5 Å². The number of aliphatic hydroxyl groups is 6. The molecular formula is C47H58N6O13. The van der Waals surface area contributed by atoms with Crippen molar-refractivity contribution >= 4 is 41.3 Å². The Labute approximate surface area is 381 Å². The van der Waals surface area contributed by atoms with E-state index in [1.54, 1.807) is 38.0 Å². The number of amides is 2. The number of aryl methyl sites for hydroxylation is 4. The van der Waals surface area contributed by atoms with Crippen LogP contribution in [0.3, 0.4) is 0 Å². The van der Waals surface area contributed by atoms with Crippen LogP contribution in [0.4, 0.5) is 0 Å². The molecule has 6 aromatic rings. The summed E-state index contributed by atoms with van der Waals surface area (Å²) in [6.07, 6.45) is -4.42. The third kappa shape index (κ3) is 14.6. The zero-order valence-electron chi connectivity index (χ0n) is 38.0. The highest BCUT2D eigenvalue weighted by Gasteiger charge is 2.29. The van der Waals surface area contributed by atoms with E-state index >= 15 is 0 Å². The molecule has 2 aromatic carbocycles. The quantitative estimate of drug-likeness (QED) is 0.0765. The number of carbonyl (C=O) groups excluding carboxylic acids is 3. The molecule has 6 rings (SSSR count). The first kappa shape index (κ1) is 53.5. The van der Waals surface area contributed by atoms with Crippen molar-refractivity contribution in [2.45, 2.75) is 71.1 Å². The van der Waals surface area contributed by atoms with Gasteiger partial charge in [0.1, 0.15) is 29.6 Å². The van der Waals surface area contributed by atoms with Crippen LogP contribution in [-0.2, 0) is 36.8 Å². The monoisotopic (exact) mass is 914 g/mol. The molecule has 2 unspecified atom stereocenters. The molecule has 0 saturated heterocycles. The predicted octanol–water partition coefficient (Wildman–Crippen LogP) is 1.64. The minimum atomic E-state index is -2.27. The van der Waals surface area contributed by atoms with Crippen molar-refractivity contribution in [3.8, 4) is 22.5 Å². The lowest BCUT2D eigenvalue weighted by Crippen LogP contribution is -2.40. The first-order chi connectivity index (χ1) is 31.0. The first-order valence-corrected chi connectivity index (χ1v) is 20.4. The van der Waals surface area contributed by atoms with Crippen molar-refractivity contribution in [1.29, 1.82) is 0 Å². The van der Waals surface area contributed by atoms with E-state index in [0.29, 0.717) is 12.8 Å². The predicted molar refractivity (Wildman–Crippen MR) is 243 cm³/mol. The molecule has 5 atom stereocenters. The summed E-state index contributed by atoms with van der Waals surface area (Å²) in [7, 11) is 7.12. The Balaban J connectivity index is 0.000000252. The highest BCUT2D eigenvalue weighted by atomic mass is 16.4. The smallest absolute Gasteiger partial charge is 0.335 e. The van der Waals surface area contributed by atoms with Gasteiger partial charge in [0.05, 0.1) is 42.2 Å². The highest BCUT2D eigenvalue weighted by molar-refractivity contribution is 5.83. The Morgan fingerprint density at radius 3 is 1.20 bits per heavy atom. The maximum atomic E-state index is 12.3. The van der Waals surface area contributed by atoms with Crippen molar-refractivity contribution in [1.82, 2.24) is 28.6 Å². The average Bonchev–Trinajstić information content (AvgIpc) is 3.82. The lowest BCUT2D eigenvalue weighted by molar-refractivity contribution is -0.165. The number of hydrogen-bond donors (Lipinski definition) is 8. The van der Waals surface area contributed by atoms with Gasteiger partial charge in [0.25, 0.3) is 0 Å². The molecular weight excluding hydrogens is 857 g/mol. The van der Waals surface area contributed by atoms with E-state index < -0.39 is 49.1 Å². The Bertz CT molecular complexity index is 2420. The van der Waals surface area contributed by atoms with Crippen molar-refractivity contribution in [3.63, 3.8) is 0 Å². The van der Waals surface area contributed by atoms with E-state index in [2.05, 4.69) is 62.4 Å². The lowest BCUT2D eigenvalue weighted by Gasteiger charge is -2.16. The van der Waals surface area contributed by atoms with Crippen LogP contribution in [0.15, 0.2) is 85.2 Å². The SMILES string of the molecule is Cc1ccc(-c2nc3ccc(C)cn3c2CC(=O)N(C)C)cc1.Cc1ccc(-c2nc3ccc(C)cn3c2CC(=O)N(C)C)cc1.O=C(O)C(O)C(O)C(=O)O.O=C[C@H](O)[C@@H](O)[C@@H](O)CO. The number of aliphatic carboxylic acids is 2. The molecule has 0 aliphatic carbocycles. The minimum absolute atomic E-state index is 0.0710. The number of aromatic nitrogens is 4. The number of benzene rings is 2. The van der Waals surface area contributed by atoms with Gasteiger partial charge in [-0.2, -0.15) is 0 Å². The van der Waals surface area contributed by atoms with Gasteiger partial charge >= 0.3 is 11.9 Å². The molecule has 0 bridgehead atoms. The van der Waals surface area contributed by atoms with Crippen LogP contribution in [0.25, 0.3) is 33.8 Å². The van der Waals surface area contributed by atoms with Gasteiger partial charge in [-0.15, -0.1) is 0 Å². The second kappa shape index (κ2) is 24.4. The van der Waals surface area contributed by atoms with Crippen molar-refractivity contribution < 1.29 is 64.8 Å². The van der Waals surface area contributed by atoms with Crippen molar-refractivity contribution in [3.05, 3.63) is 119 Å². The van der Waals surface area contributed by atoms with Crippen LogP contribution in [0.1, 0.15) is 33.6 Å². The summed E-state index contributed by atoms with van der Waals surface area (Å²) in [5.41, 5.74) is 12.2. The Kier molecular flexibility index (Phi) is 19.8. The molecule has 8 N–H and O–H groups in total. The topological polar surface area (TPSA) is 288 Å². The molecule has 4 heterocycles. The lowest BCUT2D eigenvalue weighted by atomic mass is 10.1. The number of likely N-dealkylation sites (N-methyl/N-ethyl adjacent to an activating group) is 2. The molecule has 354 valence electrons. The third-order valence-electron chi connectivity index (χ3n) is 9.89. The van der Waals surface area contributed by atoms with Crippen molar-refractivity contribution in [2.24, 2.45) is 0 Å². The fourth-order valence-corrected chi connectivity index (χ4v) is 5.91. The fourth-order valence-electron chi connectivity index (χ4n) is 5.91. The highest BCUT2D eigenvalue weighted by Crippen LogP contribution is 2.27. The summed E-state index contributed by atoms with van der Waals surface area (Å²) in [6, 6.07) is 24.6. The molecule has 66 heavy (non-hydrogen) atoms. The second-order valence-electron chi connectivity index (χ2n) is 15.8. The minimum Gasteiger partial charge on any atom is -0.479 e. The maximum absolute atomic E-state index is 12.3. The zero-order chi connectivity index (χ0) is 49.6. The van der Waals surface area contributed by atoms with Gasteiger partial charge in [0.2, 0.25) is 11.8 Å². The number of fused-ring (bicyclic) bond motifs is 2. The van der Waals surface area contributed by atoms with Crippen LogP contribution in [0.2, 0.25) is 0 Å². The largest absolute Gasteiger partial charge is 0.479 e. The van der Waals surface area contributed by atoms with Gasteiger partial charge in [-0.3, -0.25) is 9.59 Å².